The number of rotatable bonds is 9. The second-order valence-electron chi connectivity index (χ2n) is 9.20. The molecule has 0 atom stereocenters. The average molecular weight is 501 g/mol. The maximum atomic E-state index is 12.8. The van der Waals surface area contributed by atoms with Crippen LogP contribution in [0.5, 0.6) is 0 Å². The molecule has 0 unspecified atom stereocenters. The highest BCUT2D eigenvalue weighted by molar-refractivity contribution is 5.92. The number of benzene rings is 3. The third kappa shape index (κ3) is 9.34. The van der Waals surface area contributed by atoms with Crippen LogP contribution in [0.3, 0.4) is 0 Å². The SMILES string of the molecule is O=C(CN1CCN(CNc2ccccc2)CCN(CC(=O)Nc2ccccc2)CC1)Nc1ccccc1. The number of anilines is 3. The van der Waals surface area contributed by atoms with E-state index in [0.29, 0.717) is 32.8 Å². The van der Waals surface area contributed by atoms with Crippen LogP contribution in [-0.2, 0) is 9.59 Å². The topological polar surface area (TPSA) is 80.0 Å². The maximum absolute atomic E-state index is 12.8. The monoisotopic (exact) mass is 500 g/mol. The van der Waals surface area contributed by atoms with E-state index in [1.165, 1.54) is 0 Å². The molecule has 3 N–H and O–H groups in total. The fourth-order valence-corrected chi connectivity index (χ4v) is 4.27. The lowest BCUT2D eigenvalue weighted by molar-refractivity contribution is -0.118. The molecule has 2 amide bonds. The second kappa shape index (κ2) is 14.1. The van der Waals surface area contributed by atoms with Gasteiger partial charge in [0.25, 0.3) is 0 Å². The number of nitrogens with zero attached hydrogens (tertiary/aromatic N) is 3. The van der Waals surface area contributed by atoms with Crippen molar-refractivity contribution < 1.29 is 9.59 Å². The summed E-state index contributed by atoms with van der Waals surface area (Å²) in [4.78, 5) is 32.2. The van der Waals surface area contributed by atoms with E-state index in [1.54, 1.807) is 0 Å². The van der Waals surface area contributed by atoms with E-state index in [4.69, 9.17) is 0 Å². The van der Waals surface area contributed by atoms with Gasteiger partial charge in [0, 0.05) is 56.3 Å². The summed E-state index contributed by atoms with van der Waals surface area (Å²) in [6.07, 6.45) is 0. The number of amides is 2. The van der Waals surface area contributed by atoms with Crippen LogP contribution in [0.15, 0.2) is 91.0 Å². The van der Waals surface area contributed by atoms with Crippen molar-refractivity contribution in [2.75, 3.05) is 75.0 Å². The summed E-state index contributed by atoms with van der Waals surface area (Å²) in [5, 5.41) is 9.46. The first-order valence-electron chi connectivity index (χ1n) is 12.8. The number of para-hydroxylation sites is 3. The lowest BCUT2D eigenvalue weighted by Crippen LogP contribution is -2.42. The maximum Gasteiger partial charge on any atom is 0.238 e. The van der Waals surface area contributed by atoms with Gasteiger partial charge in [-0.2, -0.15) is 0 Å². The molecule has 194 valence electrons. The Balaban J connectivity index is 1.37. The summed E-state index contributed by atoms with van der Waals surface area (Å²) in [6, 6.07) is 29.2. The molecule has 1 saturated heterocycles. The van der Waals surface area contributed by atoms with E-state index in [9.17, 15) is 9.59 Å². The van der Waals surface area contributed by atoms with Gasteiger partial charge in [-0.3, -0.25) is 24.3 Å². The highest BCUT2D eigenvalue weighted by Crippen LogP contribution is 2.09. The number of carbonyl (C=O) groups excluding carboxylic acids is 2. The van der Waals surface area contributed by atoms with E-state index in [1.807, 2.05) is 78.9 Å². The van der Waals surface area contributed by atoms with Crippen LogP contribution in [0.1, 0.15) is 0 Å². The number of carbonyl (C=O) groups is 2. The van der Waals surface area contributed by atoms with Gasteiger partial charge in [0.15, 0.2) is 0 Å². The summed E-state index contributed by atoms with van der Waals surface area (Å²) in [6.45, 7) is 5.90. The lowest BCUT2D eigenvalue weighted by Gasteiger charge is -2.26. The zero-order chi connectivity index (χ0) is 25.7. The molecular weight excluding hydrogens is 464 g/mol. The van der Waals surface area contributed by atoms with Crippen LogP contribution in [0, 0.1) is 0 Å². The first-order chi connectivity index (χ1) is 18.1. The summed E-state index contributed by atoms with van der Waals surface area (Å²) in [5.41, 5.74) is 2.66. The van der Waals surface area contributed by atoms with E-state index in [-0.39, 0.29) is 11.8 Å². The highest BCUT2D eigenvalue weighted by Gasteiger charge is 2.20. The molecule has 0 aliphatic carbocycles. The zero-order valence-electron chi connectivity index (χ0n) is 21.2. The minimum absolute atomic E-state index is 0.0345. The van der Waals surface area contributed by atoms with Crippen molar-refractivity contribution in [1.29, 1.82) is 0 Å². The molecule has 1 fully saturated rings. The van der Waals surface area contributed by atoms with Crippen LogP contribution in [0.4, 0.5) is 17.1 Å². The normalized spacial score (nSPS) is 15.7. The van der Waals surface area contributed by atoms with Crippen molar-refractivity contribution >= 4 is 28.9 Å². The van der Waals surface area contributed by atoms with Gasteiger partial charge in [-0.15, -0.1) is 0 Å². The van der Waals surface area contributed by atoms with Crippen molar-refractivity contribution in [1.82, 2.24) is 14.7 Å². The van der Waals surface area contributed by atoms with Crippen LogP contribution in [0.25, 0.3) is 0 Å². The molecule has 0 bridgehead atoms. The van der Waals surface area contributed by atoms with Crippen molar-refractivity contribution in [3.63, 3.8) is 0 Å². The second-order valence-corrected chi connectivity index (χ2v) is 9.20. The molecule has 0 radical (unpaired) electrons. The van der Waals surface area contributed by atoms with Crippen LogP contribution in [-0.4, -0.2) is 85.5 Å². The van der Waals surface area contributed by atoms with Crippen LogP contribution >= 0.6 is 0 Å². The first kappa shape index (κ1) is 26.3. The highest BCUT2D eigenvalue weighted by atomic mass is 16.2. The molecule has 1 aliphatic rings. The van der Waals surface area contributed by atoms with E-state index in [2.05, 4.69) is 42.8 Å². The molecule has 0 spiro atoms. The third-order valence-electron chi connectivity index (χ3n) is 6.33. The van der Waals surface area contributed by atoms with E-state index < -0.39 is 0 Å². The fraction of sp³-hybridized carbons (Fsp3) is 0.310. The summed E-state index contributed by atoms with van der Waals surface area (Å²) < 4.78 is 0. The Morgan fingerprint density at radius 3 is 1.27 bits per heavy atom. The largest absolute Gasteiger partial charge is 0.372 e. The zero-order valence-corrected chi connectivity index (χ0v) is 21.2. The van der Waals surface area contributed by atoms with E-state index >= 15 is 0 Å². The predicted octanol–water partition coefficient (Wildman–Crippen LogP) is 3.25. The number of hydrogen-bond donors (Lipinski definition) is 3. The lowest BCUT2D eigenvalue weighted by atomic mass is 10.3. The van der Waals surface area contributed by atoms with Gasteiger partial charge in [0.1, 0.15) is 0 Å². The smallest absolute Gasteiger partial charge is 0.238 e. The molecule has 3 aromatic rings. The van der Waals surface area contributed by atoms with Crippen molar-refractivity contribution in [2.24, 2.45) is 0 Å². The fourth-order valence-electron chi connectivity index (χ4n) is 4.27. The Bertz CT molecular complexity index is 1030. The quantitative estimate of drug-likeness (QED) is 0.419. The third-order valence-corrected chi connectivity index (χ3v) is 6.33. The van der Waals surface area contributed by atoms with Gasteiger partial charge in [-0.05, 0) is 36.4 Å². The Labute approximate surface area is 219 Å². The van der Waals surface area contributed by atoms with Gasteiger partial charge >= 0.3 is 0 Å². The Kier molecular flexibility index (Phi) is 10.1. The molecule has 3 aromatic carbocycles. The van der Waals surface area contributed by atoms with E-state index in [0.717, 1.165) is 43.2 Å². The predicted molar refractivity (Wildman–Crippen MR) is 150 cm³/mol. The molecular formula is C29H36N6O2. The van der Waals surface area contributed by atoms with Crippen molar-refractivity contribution in [3.05, 3.63) is 91.0 Å². The van der Waals surface area contributed by atoms with Gasteiger partial charge in [-0.1, -0.05) is 54.6 Å². The standard InChI is InChI=1S/C29H36N6O2/c36-28(31-26-12-6-2-7-13-26)22-33-16-17-34(23-29(37)32-27-14-8-3-9-15-27)19-21-35(20-18-33)24-30-25-10-4-1-5-11-25/h1-15,30H,16-24H2,(H,31,36)(H,32,37). The Morgan fingerprint density at radius 1 is 0.514 bits per heavy atom. The molecule has 1 aliphatic heterocycles. The molecule has 4 rings (SSSR count). The Hall–Kier alpha value is -3.72. The molecule has 0 aromatic heterocycles. The summed E-state index contributed by atoms with van der Waals surface area (Å²) >= 11 is 0. The first-order valence-corrected chi connectivity index (χ1v) is 12.8. The minimum Gasteiger partial charge on any atom is -0.372 e. The number of nitrogens with one attached hydrogen (secondary N) is 3. The average Bonchev–Trinajstić information content (AvgIpc) is 3.00. The Morgan fingerprint density at radius 2 is 0.865 bits per heavy atom. The van der Waals surface area contributed by atoms with Crippen LogP contribution < -0.4 is 16.0 Å². The van der Waals surface area contributed by atoms with Gasteiger partial charge in [0.05, 0.1) is 19.8 Å². The number of hydrogen-bond acceptors (Lipinski definition) is 6. The van der Waals surface area contributed by atoms with Gasteiger partial charge in [0.2, 0.25) is 11.8 Å². The minimum atomic E-state index is -0.0345. The van der Waals surface area contributed by atoms with Crippen molar-refractivity contribution in [2.45, 2.75) is 0 Å². The van der Waals surface area contributed by atoms with Crippen LogP contribution in [0.2, 0.25) is 0 Å². The summed E-state index contributed by atoms with van der Waals surface area (Å²) in [5.74, 6) is -0.0689. The van der Waals surface area contributed by atoms with Crippen molar-refractivity contribution in [3.8, 4) is 0 Å². The molecule has 8 nitrogen and oxygen atoms in total. The molecule has 0 saturated carbocycles. The van der Waals surface area contributed by atoms with Gasteiger partial charge in [-0.25, -0.2) is 0 Å². The molecule has 37 heavy (non-hydrogen) atoms. The molecule has 1 heterocycles. The van der Waals surface area contributed by atoms with Gasteiger partial charge < -0.3 is 16.0 Å². The summed E-state index contributed by atoms with van der Waals surface area (Å²) in [7, 11) is 0. The molecule has 8 heteroatoms.